The van der Waals surface area contributed by atoms with Crippen molar-refractivity contribution in [3.05, 3.63) is 29.8 Å². The monoisotopic (exact) mass is 376 g/mol. The van der Waals surface area contributed by atoms with Crippen LogP contribution in [0.25, 0.3) is 0 Å². The Morgan fingerprint density at radius 3 is 2.08 bits per heavy atom. The average Bonchev–Trinajstić information content (AvgIpc) is 2.45. The third-order valence-corrected chi connectivity index (χ3v) is 3.53. The lowest BCUT2D eigenvalue weighted by Crippen LogP contribution is -2.54. The Hall–Kier alpha value is -1.84. The third-order valence-electron chi connectivity index (χ3n) is 3.53. The van der Waals surface area contributed by atoms with Crippen LogP contribution in [0.2, 0.25) is 0 Å². The zero-order valence-electron chi connectivity index (χ0n) is 13.4. The molecule has 1 aromatic carbocycles. The molecular formula is C15H15F7O3. The Balaban J connectivity index is 3.25. The third kappa shape index (κ3) is 4.42. The molecular weight excluding hydrogens is 361 g/mol. The van der Waals surface area contributed by atoms with Crippen molar-refractivity contribution in [1.82, 2.24) is 0 Å². The first-order chi connectivity index (χ1) is 11.2. The van der Waals surface area contributed by atoms with Crippen LogP contribution in [0.3, 0.4) is 0 Å². The van der Waals surface area contributed by atoms with Crippen LogP contribution in [-0.2, 0) is 15.1 Å². The lowest BCUT2D eigenvalue weighted by atomic mass is 9.87. The molecule has 0 aromatic heterocycles. The number of benzene rings is 1. The van der Waals surface area contributed by atoms with Crippen molar-refractivity contribution in [1.29, 1.82) is 0 Å². The molecule has 0 fully saturated rings. The van der Waals surface area contributed by atoms with Crippen molar-refractivity contribution in [2.45, 2.75) is 43.9 Å². The molecule has 0 aliphatic carbocycles. The van der Waals surface area contributed by atoms with Gasteiger partial charge in [-0.2, -0.15) is 30.7 Å². The molecule has 0 aliphatic heterocycles. The summed E-state index contributed by atoms with van der Waals surface area (Å²) >= 11 is 0. The van der Waals surface area contributed by atoms with Crippen LogP contribution in [-0.4, -0.2) is 31.1 Å². The number of hydrogen-bond donors (Lipinski definition) is 0. The standard InChI is InChI=1S/C15H15F7O3/c1-9(23)25-11-6-4-5-10(7-11)12(2,24-3)8-13(16,17)14(18,19)15(20,21)22/h4-7H,8H2,1-3H3. The highest BCUT2D eigenvalue weighted by Crippen LogP contribution is 2.51. The van der Waals surface area contributed by atoms with Gasteiger partial charge in [-0.3, -0.25) is 4.79 Å². The Bertz CT molecular complexity index is 628. The summed E-state index contributed by atoms with van der Waals surface area (Å²) in [6, 6.07) is 4.76. The normalized spacial score (nSPS) is 15.6. The van der Waals surface area contributed by atoms with E-state index in [0.29, 0.717) is 0 Å². The Morgan fingerprint density at radius 2 is 1.64 bits per heavy atom. The number of halogens is 7. The molecule has 0 bridgehead atoms. The van der Waals surface area contributed by atoms with Crippen LogP contribution in [0.4, 0.5) is 30.7 Å². The Morgan fingerprint density at radius 1 is 1.08 bits per heavy atom. The van der Waals surface area contributed by atoms with Gasteiger partial charge in [0.05, 0.1) is 12.0 Å². The maximum absolute atomic E-state index is 13.7. The first-order valence-electron chi connectivity index (χ1n) is 6.83. The van der Waals surface area contributed by atoms with E-state index in [1.165, 1.54) is 18.2 Å². The molecule has 142 valence electrons. The molecule has 1 atom stereocenters. The van der Waals surface area contributed by atoms with Crippen LogP contribution >= 0.6 is 0 Å². The highest BCUT2D eigenvalue weighted by Gasteiger charge is 2.73. The van der Waals surface area contributed by atoms with Gasteiger partial charge < -0.3 is 9.47 Å². The van der Waals surface area contributed by atoms with Gasteiger partial charge in [0.15, 0.2) is 0 Å². The molecule has 0 aliphatic rings. The van der Waals surface area contributed by atoms with Crippen molar-refractivity contribution < 1.29 is 45.0 Å². The Kier molecular flexibility index (Phi) is 5.78. The van der Waals surface area contributed by atoms with Gasteiger partial charge in [-0.1, -0.05) is 12.1 Å². The van der Waals surface area contributed by atoms with Crippen LogP contribution in [0.15, 0.2) is 24.3 Å². The second-order valence-electron chi connectivity index (χ2n) is 5.51. The summed E-state index contributed by atoms with van der Waals surface area (Å²) in [5.41, 5.74) is -2.36. The van der Waals surface area contributed by atoms with E-state index >= 15 is 0 Å². The first-order valence-corrected chi connectivity index (χ1v) is 6.83. The molecule has 0 saturated carbocycles. The summed E-state index contributed by atoms with van der Waals surface area (Å²) in [5, 5.41) is 0. The lowest BCUT2D eigenvalue weighted by molar-refractivity contribution is -0.362. The smallest absolute Gasteiger partial charge is 0.427 e. The van der Waals surface area contributed by atoms with Gasteiger partial charge in [0.2, 0.25) is 0 Å². The van der Waals surface area contributed by atoms with Gasteiger partial charge >= 0.3 is 24.0 Å². The summed E-state index contributed by atoms with van der Waals surface area (Å²) in [5.74, 6) is -12.5. The molecule has 0 amide bonds. The number of carbonyl (C=O) groups is 1. The van der Waals surface area contributed by atoms with Crippen LogP contribution in [0.5, 0.6) is 5.75 Å². The molecule has 0 spiro atoms. The van der Waals surface area contributed by atoms with Gasteiger partial charge in [0.1, 0.15) is 5.75 Å². The van der Waals surface area contributed by atoms with Crippen molar-refractivity contribution in [3.63, 3.8) is 0 Å². The van der Waals surface area contributed by atoms with E-state index in [9.17, 15) is 35.5 Å². The number of carbonyl (C=O) groups excluding carboxylic acids is 1. The maximum Gasteiger partial charge on any atom is 0.459 e. The SMILES string of the molecule is COC(C)(CC(F)(F)C(F)(F)C(F)(F)F)c1cccc(OC(C)=O)c1. The van der Waals surface area contributed by atoms with Gasteiger partial charge in [0.25, 0.3) is 0 Å². The van der Waals surface area contributed by atoms with Gasteiger partial charge in [-0.15, -0.1) is 0 Å². The van der Waals surface area contributed by atoms with E-state index in [2.05, 4.69) is 0 Å². The molecule has 1 aromatic rings. The van der Waals surface area contributed by atoms with E-state index in [-0.39, 0.29) is 11.3 Å². The van der Waals surface area contributed by atoms with E-state index < -0.39 is 36.0 Å². The van der Waals surface area contributed by atoms with Crippen LogP contribution in [0, 0.1) is 0 Å². The molecule has 1 unspecified atom stereocenters. The van der Waals surface area contributed by atoms with E-state index in [4.69, 9.17) is 9.47 Å². The number of rotatable bonds is 6. The highest BCUT2D eigenvalue weighted by molar-refractivity contribution is 5.69. The number of hydrogen-bond acceptors (Lipinski definition) is 3. The first kappa shape index (κ1) is 21.2. The van der Waals surface area contributed by atoms with E-state index in [1.807, 2.05) is 0 Å². The molecule has 10 heteroatoms. The molecule has 0 N–H and O–H groups in total. The predicted molar refractivity (Wildman–Crippen MR) is 72.7 cm³/mol. The molecule has 3 nitrogen and oxygen atoms in total. The quantitative estimate of drug-likeness (QED) is 0.410. The maximum atomic E-state index is 13.7. The molecule has 25 heavy (non-hydrogen) atoms. The fourth-order valence-electron chi connectivity index (χ4n) is 2.09. The zero-order valence-corrected chi connectivity index (χ0v) is 13.4. The topological polar surface area (TPSA) is 35.5 Å². The average molecular weight is 376 g/mol. The van der Waals surface area contributed by atoms with Gasteiger partial charge in [0, 0.05) is 14.0 Å². The van der Waals surface area contributed by atoms with Crippen LogP contribution in [0.1, 0.15) is 25.8 Å². The van der Waals surface area contributed by atoms with Crippen LogP contribution < -0.4 is 4.74 Å². The second-order valence-corrected chi connectivity index (χ2v) is 5.51. The second kappa shape index (κ2) is 6.81. The van der Waals surface area contributed by atoms with Gasteiger partial charge in [-0.25, -0.2) is 0 Å². The van der Waals surface area contributed by atoms with Crippen molar-refractivity contribution >= 4 is 5.97 Å². The minimum absolute atomic E-state index is 0.0980. The fourth-order valence-corrected chi connectivity index (χ4v) is 2.09. The summed E-state index contributed by atoms with van der Waals surface area (Å²) < 4.78 is 100. The number of alkyl halides is 7. The van der Waals surface area contributed by atoms with Gasteiger partial charge in [-0.05, 0) is 24.6 Å². The summed E-state index contributed by atoms with van der Waals surface area (Å²) in [6.45, 7) is 2.00. The predicted octanol–water partition coefficient (Wildman–Crippen LogP) is 4.70. The molecule has 0 radical (unpaired) electrons. The molecule has 1 rings (SSSR count). The fraction of sp³-hybridized carbons (Fsp3) is 0.533. The molecule has 0 saturated heterocycles. The highest BCUT2D eigenvalue weighted by atomic mass is 19.4. The number of methoxy groups -OCH3 is 1. The van der Waals surface area contributed by atoms with E-state index in [1.54, 1.807) is 0 Å². The lowest BCUT2D eigenvalue weighted by Gasteiger charge is -2.36. The van der Waals surface area contributed by atoms with Crippen molar-refractivity contribution in [3.8, 4) is 5.75 Å². The number of esters is 1. The zero-order chi connectivity index (χ0) is 19.7. The largest absolute Gasteiger partial charge is 0.459 e. The summed E-state index contributed by atoms with van der Waals surface area (Å²) in [7, 11) is 0.889. The number of ether oxygens (including phenoxy) is 2. The molecule has 0 heterocycles. The minimum Gasteiger partial charge on any atom is -0.427 e. The Labute approximate surface area is 138 Å². The van der Waals surface area contributed by atoms with E-state index in [0.717, 1.165) is 27.0 Å². The summed E-state index contributed by atoms with van der Waals surface area (Å²) in [4.78, 5) is 10.9. The summed E-state index contributed by atoms with van der Waals surface area (Å²) in [6.07, 6.45) is -8.38. The minimum atomic E-state index is -6.43. The van der Waals surface area contributed by atoms with Crippen molar-refractivity contribution in [2.24, 2.45) is 0 Å². The van der Waals surface area contributed by atoms with Crippen molar-refractivity contribution in [2.75, 3.05) is 7.11 Å².